The summed E-state index contributed by atoms with van der Waals surface area (Å²) in [6.07, 6.45) is 1.80. The fraction of sp³-hybridized carbons (Fsp3) is 0. The number of rotatable bonds is 4. The molecule has 0 aliphatic rings. The van der Waals surface area contributed by atoms with Gasteiger partial charge in [-0.15, -0.1) is 35.1 Å². The molecule has 1 radical (unpaired) electrons. The first-order chi connectivity index (χ1) is 15.4. The molecule has 0 aliphatic heterocycles. The van der Waals surface area contributed by atoms with E-state index in [1.54, 1.807) is 6.20 Å². The second-order valence-electron chi connectivity index (χ2n) is 6.75. The van der Waals surface area contributed by atoms with Crippen LogP contribution in [0.1, 0.15) is 0 Å². The second kappa shape index (κ2) is 12.2. The molecular formula is C29H21N2Ni. The third-order valence-corrected chi connectivity index (χ3v) is 4.51. The zero-order valence-corrected chi connectivity index (χ0v) is 18.3. The Morgan fingerprint density at radius 2 is 1.12 bits per heavy atom. The van der Waals surface area contributed by atoms with E-state index in [4.69, 9.17) is 0 Å². The van der Waals surface area contributed by atoms with E-state index in [-0.39, 0.29) is 16.5 Å². The van der Waals surface area contributed by atoms with Gasteiger partial charge in [-0.3, -0.25) is 4.98 Å². The van der Waals surface area contributed by atoms with Gasteiger partial charge in [-0.25, -0.2) is 5.56 Å². The van der Waals surface area contributed by atoms with E-state index in [0.29, 0.717) is 0 Å². The van der Waals surface area contributed by atoms with Crippen LogP contribution in [0.2, 0.25) is 0 Å². The van der Waals surface area contributed by atoms with Crippen molar-refractivity contribution in [1.29, 1.82) is 0 Å². The molecule has 0 saturated carbocycles. The van der Waals surface area contributed by atoms with Crippen molar-refractivity contribution < 1.29 is 16.5 Å². The minimum Gasteiger partial charge on any atom is -0.658 e. The molecule has 5 rings (SSSR count). The number of pyridine rings is 1. The van der Waals surface area contributed by atoms with Crippen LogP contribution in [0.25, 0.3) is 27.7 Å². The van der Waals surface area contributed by atoms with Gasteiger partial charge in [0.25, 0.3) is 0 Å². The summed E-state index contributed by atoms with van der Waals surface area (Å²) in [4.78, 5) is 4.34. The Hall–Kier alpha value is -3.68. The van der Waals surface area contributed by atoms with E-state index in [0.717, 1.165) is 33.8 Å². The predicted octanol–water partition coefficient (Wildman–Crippen LogP) is 8.04. The van der Waals surface area contributed by atoms with Crippen LogP contribution in [0, 0.1) is 12.1 Å². The van der Waals surface area contributed by atoms with Crippen LogP contribution in [-0.2, 0) is 16.5 Å². The second-order valence-corrected chi connectivity index (χ2v) is 6.75. The van der Waals surface area contributed by atoms with E-state index in [9.17, 15) is 0 Å². The Kier molecular flexibility index (Phi) is 8.80. The maximum absolute atomic E-state index is 4.44. The number of benzene rings is 4. The van der Waals surface area contributed by atoms with Crippen molar-refractivity contribution in [2.24, 2.45) is 0 Å². The van der Waals surface area contributed by atoms with E-state index in [2.05, 4.69) is 22.4 Å². The van der Waals surface area contributed by atoms with Crippen molar-refractivity contribution in [2.75, 3.05) is 0 Å². The summed E-state index contributed by atoms with van der Waals surface area (Å²) in [5, 5.41) is 4.44. The van der Waals surface area contributed by atoms with Gasteiger partial charge in [0.2, 0.25) is 0 Å². The summed E-state index contributed by atoms with van der Waals surface area (Å²) < 4.78 is 0. The molecule has 0 atom stereocenters. The third-order valence-electron chi connectivity index (χ3n) is 4.51. The van der Waals surface area contributed by atoms with Gasteiger partial charge in [-0.2, -0.15) is 42.0 Å². The van der Waals surface area contributed by atoms with Crippen LogP contribution in [0.4, 0.5) is 11.4 Å². The van der Waals surface area contributed by atoms with E-state index in [1.165, 1.54) is 0 Å². The van der Waals surface area contributed by atoms with Crippen molar-refractivity contribution in [2.45, 2.75) is 0 Å². The molecule has 4 aromatic carbocycles. The molecular weight excluding hydrogens is 435 g/mol. The maximum Gasteiger partial charge on any atom is 3.00 e. The molecule has 2 nitrogen and oxygen atoms in total. The summed E-state index contributed by atoms with van der Waals surface area (Å²) in [5.74, 6) is 0. The third kappa shape index (κ3) is 6.67. The Morgan fingerprint density at radius 3 is 1.72 bits per heavy atom. The van der Waals surface area contributed by atoms with Gasteiger partial charge in [0.1, 0.15) is 0 Å². The van der Waals surface area contributed by atoms with Gasteiger partial charge >= 0.3 is 16.5 Å². The van der Waals surface area contributed by atoms with Gasteiger partial charge in [-0.1, -0.05) is 72.8 Å². The van der Waals surface area contributed by atoms with Gasteiger partial charge < -0.3 is 5.32 Å². The van der Waals surface area contributed by atoms with Crippen molar-refractivity contribution in [3.05, 3.63) is 145 Å². The number of hydrogen-bond donors (Lipinski definition) is 0. The van der Waals surface area contributed by atoms with Crippen molar-refractivity contribution in [1.82, 2.24) is 4.98 Å². The largest absolute Gasteiger partial charge is 3.00 e. The number of para-hydroxylation sites is 2. The summed E-state index contributed by atoms with van der Waals surface area (Å²) in [6.45, 7) is 0. The van der Waals surface area contributed by atoms with Crippen molar-refractivity contribution in [3.8, 4) is 22.4 Å². The van der Waals surface area contributed by atoms with Crippen LogP contribution in [0.3, 0.4) is 0 Å². The van der Waals surface area contributed by atoms with Gasteiger partial charge in [0.05, 0.1) is 0 Å². The summed E-state index contributed by atoms with van der Waals surface area (Å²) in [6, 6.07) is 46.4. The quantitative estimate of drug-likeness (QED) is 0.199. The molecule has 157 valence electrons. The average Bonchev–Trinajstić information content (AvgIpc) is 2.87. The molecule has 0 saturated heterocycles. The zero-order chi connectivity index (χ0) is 21.1. The minimum absolute atomic E-state index is 0. The normalized spacial score (nSPS) is 9.62. The molecule has 0 amide bonds. The fourth-order valence-electron chi connectivity index (χ4n) is 3.01. The average molecular weight is 456 g/mol. The van der Waals surface area contributed by atoms with Crippen LogP contribution in [0.5, 0.6) is 0 Å². The number of aromatic nitrogens is 1. The summed E-state index contributed by atoms with van der Waals surface area (Å²) in [7, 11) is 0. The molecule has 0 fully saturated rings. The zero-order valence-electron chi connectivity index (χ0n) is 17.3. The number of hydrogen-bond acceptors (Lipinski definition) is 1. The maximum atomic E-state index is 4.44. The first-order valence-corrected chi connectivity index (χ1v) is 10.1. The van der Waals surface area contributed by atoms with Crippen molar-refractivity contribution >= 4 is 11.4 Å². The number of nitrogens with zero attached hydrogens (tertiary/aromatic N) is 2. The fourth-order valence-corrected chi connectivity index (χ4v) is 3.01. The van der Waals surface area contributed by atoms with Crippen LogP contribution in [0.15, 0.2) is 128 Å². The molecule has 32 heavy (non-hydrogen) atoms. The van der Waals surface area contributed by atoms with E-state index >= 15 is 0 Å². The molecule has 1 aromatic heterocycles. The molecule has 0 N–H and O–H groups in total. The topological polar surface area (TPSA) is 27.0 Å². The van der Waals surface area contributed by atoms with Crippen LogP contribution < -0.4 is 0 Å². The van der Waals surface area contributed by atoms with Crippen LogP contribution >= 0.6 is 0 Å². The monoisotopic (exact) mass is 455 g/mol. The molecule has 0 spiro atoms. The first kappa shape index (κ1) is 23.0. The summed E-state index contributed by atoms with van der Waals surface area (Å²) in [5.41, 5.74) is 6.03. The molecule has 0 bridgehead atoms. The summed E-state index contributed by atoms with van der Waals surface area (Å²) >= 11 is 0. The van der Waals surface area contributed by atoms with E-state index < -0.39 is 0 Å². The molecule has 5 aromatic rings. The molecule has 3 heteroatoms. The standard InChI is InChI=1S/C17H11N.C12H10N.Ni/c1-2-7-14(8-3-1)15-9-6-10-16(13-15)17-11-4-5-12-18-17;1-3-7-11(8-4-1)13-12-9-5-2-6-10-12;/h1-7,9-12H;1-10H;/q-2;-1;+3. The Labute approximate surface area is 199 Å². The van der Waals surface area contributed by atoms with Gasteiger partial charge in [0.15, 0.2) is 0 Å². The Morgan fingerprint density at radius 1 is 0.531 bits per heavy atom. The molecule has 1 heterocycles. The Balaban J connectivity index is 0.000000184. The van der Waals surface area contributed by atoms with Crippen molar-refractivity contribution in [3.63, 3.8) is 0 Å². The molecule has 0 aliphatic carbocycles. The SMILES string of the molecule is [Ni+3].[c-]1ccccc1-c1[c-]c(-c2ccccn2)ccc1.c1ccc([N-]c2ccccc2)cc1. The Bertz CT molecular complexity index is 1090. The smallest absolute Gasteiger partial charge is 0.658 e. The van der Waals surface area contributed by atoms with Gasteiger partial charge in [-0.05, 0) is 6.07 Å². The predicted molar refractivity (Wildman–Crippen MR) is 128 cm³/mol. The molecule has 0 unspecified atom stereocenters. The van der Waals surface area contributed by atoms with Crippen LogP contribution in [-0.4, -0.2) is 4.98 Å². The first-order valence-electron chi connectivity index (χ1n) is 10.1. The minimum atomic E-state index is 0. The van der Waals surface area contributed by atoms with E-state index in [1.807, 2.05) is 121 Å². The van der Waals surface area contributed by atoms with Gasteiger partial charge in [0, 0.05) is 11.9 Å².